The van der Waals surface area contributed by atoms with E-state index in [1.807, 2.05) is 6.92 Å². The highest BCUT2D eigenvalue weighted by molar-refractivity contribution is 5.96. The molecule has 2 aliphatic rings. The quantitative estimate of drug-likeness (QED) is 0.751. The van der Waals surface area contributed by atoms with Crippen molar-refractivity contribution in [2.75, 3.05) is 0 Å². The van der Waals surface area contributed by atoms with Crippen LogP contribution in [0.2, 0.25) is 0 Å². The fourth-order valence-corrected chi connectivity index (χ4v) is 5.19. The minimum Gasteiger partial charge on any atom is -0.349 e. The van der Waals surface area contributed by atoms with Crippen LogP contribution in [0, 0.1) is 6.92 Å². The molecule has 1 aromatic heterocycles. The van der Waals surface area contributed by atoms with Gasteiger partial charge in [-0.25, -0.2) is 0 Å². The molecule has 172 valence electrons. The highest BCUT2D eigenvalue weighted by atomic mass is 19.4. The summed E-state index contributed by atoms with van der Waals surface area (Å²) in [6, 6.07) is 4.21. The van der Waals surface area contributed by atoms with Crippen molar-refractivity contribution in [1.29, 1.82) is 0 Å². The molecule has 0 aliphatic carbocycles. The molecule has 0 radical (unpaired) electrons. The van der Waals surface area contributed by atoms with Crippen molar-refractivity contribution in [3.8, 4) is 0 Å². The Labute approximate surface area is 184 Å². The van der Waals surface area contributed by atoms with Crippen LogP contribution in [0.3, 0.4) is 0 Å². The molecule has 4 rings (SSSR count). The van der Waals surface area contributed by atoms with Crippen molar-refractivity contribution in [2.24, 2.45) is 7.05 Å². The lowest BCUT2D eigenvalue weighted by molar-refractivity contribution is -0.137. The summed E-state index contributed by atoms with van der Waals surface area (Å²) < 4.78 is 41.8. The zero-order valence-corrected chi connectivity index (χ0v) is 18.4. The normalized spacial score (nSPS) is 26.3. The largest absolute Gasteiger partial charge is 0.416 e. The Morgan fingerprint density at radius 3 is 2.69 bits per heavy atom. The van der Waals surface area contributed by atoms with E-state index >= 15 is 0 Å². The van der Waals surface area contributed by atoms with Crippen molar-refractivity contribution in [2.45, 2.75) is 69.8 Å². The Hall–Kier alpha value is -2.84. The zero-order chi connectivity index (χ0) is 23.3. The van der Waals surface area contributed by atoms with Crippen molar-refractivity contribution < 1.29 is 22.8 Å². The minimum absolute atomic E-state index is 0.0909. The molecule has 32 heavy (non-hydrogen) atoms. The number of hydrogen-bond donors (Lipinski definition) is 1. The number of alkyl halides is 3. The van der Waals surface area contributed by atoms with E-state index in [1.165, 1.54) is 6.07 Å². The molecule has 0 unspecified atom stereocenters. The SMILES string of the molecule is Cc1nn(C)cc1C(=O)N1[C@H]2CCCCC(=O)N[C@@]2(C)C[C@H]1c1cccc(C(F)(F)F)c1. The fourth-order valence-electron chi connectivity index (χ4n) is 5.19. The molecular weight excluding hydrogens is 421 g/mol. The van der Waals surface area contributed by atoms with Gasteiger partial charge in [-0.05, 0) is 50.8 Å². The number of benzene rings is 1. The lowest BCUT2D eigenvalue weighted by Gasteiger charge is -2.38. The molecule has 2 aliphatic heterocycles. The van der Waals surface area contributed by atoms with Gasteiger partial charge in [0.25, 0.3) is 5.91 Å². The van der Waals surface area contributed by atoms with E-state index in [9.17, 15) is 22.8 Å². The maximum atomic E-state index is 13.8. The lowest BCUT2D eigenvalue weighted by atomic mass is 9.85. The Morgan fingerprint density at radius 2 is 2.03 bits per heavy atom. The van der Waals surface area contributed by atoms with E-state index in [4.69, 9.17) is 0 Å². The van der Waals surface area contributed by atoms with Crippen molar-refractivity contribution in [3.05, 3.63) is 52.8 Å². The van der Waals surface area contributed by atoms with E-state index in [0.29, 0.717) is 42.5 Å². The lowest BCUT2D eigenvalue weighted by Crippen LogP contribution is -2.56. The number of carbonyl (C=O) groups excluding carboxylic acids is 2. The molecule has 0 spiro atoms. The van der Waals surface area contributed by atoms with Crippen LogP contribution in [0.5, 0.6) is 0 Å². The second-order valence-corrected chi connectivity index (χ2v) is 9.08. The average molecular weight is 448 g/mol. The van der Waals surface area contributed by atoms with Gasteiger partial charge in [-0.2, -0.15) is 18.3 Å². The third kappa shape index (κ3) is 4.00. The summed E-state index contributed by atoms with van der Waals surface area (Å²) >= 11 is 0. The van der Waals surface area contributed by atoms with Crippen LogP contribution < -0.4 is 5.32 Å². The first-order chi connectivity index (χ1) is 15.0. The van der Waals surface area contributed by atoms with Crippen molar-refractivity contribution in [3.63, 3.8) is 0 Å². The summed E-state index contributed by atoms with van der Waals surface area (Å²) in [5.41, 5.74) is -0.0939. The van der Waals surface area contributed by atoms with Crippen LogP contribution in [0.25, 0.3) is 0 Å². The predicted molar refractivity (Wildman–Crippen MR) is 112 cm³/mol. The first-order valence-corrected chi connectivity index (χ1v) is 10.8. The topological polar surface area (TPSA) is 67.2 Å². The molecule has 3 heterocycles. The number of halogens is 3. The number of amides is 2. The van der Waals surface area contributed by atoms with Crippen molar-refractivity contribution >= 4 is 11.8 Å². The number of aromatic nitrogens is 2. The van der Waals surface area contributed by atoms with Gasteiger partial charge in [0, 0.05) is 19.7 Å². The Bertz CT molecular complexity index is 1050. The maximum absolute atomic E-state index is 13.8. The molecule has 2 saturated heterocycles. The molecule has 2 amide bonds. The van der Waals surface area contributed by atoms with Crippen LogP contribution in [-0.4, -0.2) is 38.1 Å². The molecule has 0 saturated carbocycles. The first-order valence-electron chi connectivity index (χ1n) is 10.8. The highest BCUT2D eigenvalue weighted by Gasteiger charge is 2.53. The van der Waals surface area contributed by atoms with Crippen LogP contribution in [-0.2, 0) is 18.0 Å². The number of likely N-dealkylation sites (tertiary alicyclic amines) is 1. The number of aryl methyl sites for hydroxylation is 2. The molecule has 2 aromatic rings. The molecule has 6 nitrogen and oxygen atoms in total. The van der Waals surface area contributed by atoms with E-state index < -0.39 is 23.3 Å². The highest BCUT2D eigenvalue weighted by Crippen LogP contribution is 2.46. The number of hydrogen-bond acceptors (Lipinski definition) is 3. The van der Waals surface area contributed by atoms with E-state index in [0.717, 1.165) is 18.6 Å². The summed E-state index contributed by atoms with van der Waals surface area (Å²) in [4.78, 5) is 27.9. The Balaban J connectivity index is 1.82. The van der Waals surface area contributed by atoms with E-state index in [2.05, 4.69) is 10.4 Å². The van der Waals surface area contributed by atoms with Gasteiger partial charge >= 0.3 is 6.18 Å². The average Bonchev–Trinajstić information content (AvgIpc) is 3.18. The summed E-state index contributed by atoms with van der Waals surface area (Å²) in [5, 5.41) is 7.35. The molecule has 9 heteroatoms. The number of fused-ring (bicyclic) bond motifs is 1. The van der Waals surface area contributed by atoms with Crippen LogP contribution in [0.4, 0.5) is 13.2 Å². The van der Waals surface area contributed by atoms with Gasteiger partial charge < -0.3 is 10.2 Å². The number of nitrogens with one attached hydrogen (secondary N) is 1. The zero-order valence-electron chi connectivity index (χ0n) is 18.4. The van der Waals surface area contributed by atoms with E-state index in [1.54, 1.807) is 35.8 Å². The predicted octanol–water partition coefficient (Wildman–Crippen LogP) is 4.15. The third-order valence-electron chi connectivity index (χ3n) is 6.66. The van der Waals surface area contributed by atoms with Gasteiger partial charge in [0.15, 0.2) is 0 Å². The molecule has 3 atom stereocenters. The van der Waals surface area contributed by atoms with Crippen LogP contribution >= 0.6 is 0 Å². The molecule has 2 fully saturated rings. The summed E-state index contributed by atoms with van der Waals surface area (Å²) in [6.45, 7) is 3.63. The van der Waals surface area contributed by atoms with E-state index in [-0.39, 0.29) is 17.9 Å². The van der Waals surface area contributed by atoms with Gasteiger partial charge in [0.1, 0.15) is 0 Å². The van der Waals surface area contributed by atoms with Crippen LogP contribution in [0.15, 0.2) is 30.5 Å². The smallest absolute Gasteiger partial charge is 0.349 e. The second kappa shape index (κ2) is 7.94. The van der Waals surface area contributed by atoms with Crippen LogP contribution in [0.1, 0.15) is 72.2 Å². The molecule has 1 N–H and O–H groups in total. The minimum atomic E-state index is -4.48. The molecule has 1 aromatic carbocycles. The number of rotatable bonds is 2. The van der Waals surface area contributed by atoms with Gasteiger partial charge in [-0.15, -0.1) is 0 Å². The molecule has 0 bridgehead atoms. The van der Waals surface area contributed by atoms with Gasteiger partial charge in [-0.3, -0.25) is 14.3 Å². The number of nitrogens with zero attached hydrogens (tertiary/aromatic N) is 3. The van der Waals surface area contributed by atoms with Gasteiger partial charge in [0.2, 0.25) is 5.91 Å². The monoisotopic (exact) mass is 448 g/mol. The third-order valence-corrected chi connectivity index (χ3v) is 6.66. The molecular formula is C23H27F3N4O2. The van der Waals surface area contributed by atoms with Gasteiger partial charge in [0.05, 0.1) is 34.4 Å². The first kappa shape index (κ1) is 22.4. The summed E-state index contributed by atoms with van der Waals surface area (Å²) in [7, 11) is 1.72. The van der Waals surface area contributed by atoms with Gasteiger partial charge in [-0.1, -0.05) is 18.6 Å². The van der Waals surface area contributed by atoms with Crippen molar-refractivity contribution in [1.82, 2.24) is 20.0 Å². The number of carbonyl (C=O) groups is 2. The summed E-state index contributed by atoms with van der Waals surface area (Å²) in [6.07, 6.45) is 0.0416. The Kier molecular flexibility index (Phi) is 5.55. The fraction of sp³-hybridized carbons (Fsp3) is 0.522. The Morgan fingerprint density at radius 1 is 1.28 bits per heavy atom. The summed E-state index contributed by atoms with van der Waals surface area (Å²) in [5.74, 6) is -0.367. The maximum Gasteiger partial charge on any atom is 0.416 e. The standard InChI is InChI=1S/C23H27F3N4O2/c1-14-17(13-29(3)28-14)21(32)30-18(15-7-6-8-16(11-15)23(24,25)26)12-22(2)19(30)9-4-5-10-20(31)27-22/h6-8,11,13,18-19H,4-5,9-10,12H2,1-3H3,(H,27,31)/t18-,19-,22-/m0/s1. The second-order valence-electron chi connectivity index (χ2n) is 9.08.